The van der Waals surface area contributed by atoms with E-state index < -0.39 is 10.0 Å². The number of likely N-dealkylation sites (tertiary alicyclic amines) is 1. The van der Waals surface area contributed by atoms with Crippen molar-refractivity contribution in [1.82, 2.24) is 20.3 Å². The number of nitrogens with zero attached hydrogens (tertiary/aromatic N) is 1. The van der Waals surface area contributed by atoms with Gasteiger partial charge in [0, 0.05) is 26.2 Å². The average molecular weight is 369 g/mol. The summed E-state index contributed by atoms with van der Waals surface area (Å²) in [6.45, 7) is 4.74. The SMILES string of the molecule is CS(=O)(=O)NCCN1CCCC(CNC(=O)C2CCCN2)C1.Cl. The van der Waals surface area contributed by atoms with Gasteiger partial charge >= 0.3 is 0 Å². The zero-order chi connectivity index (χ0) is 16.0. The summed E-state index contributed by atoms with van der Waals surface area (Å²) in [6.07, 6.45) is 5.40. The first-order valence-electron chi connectivity index (χ1n) is 8.12. The molecular weight excluding hydrogens is 340 g/mol. The van der Waals surface area contributed by atoms with Crippen molar-refractivity contribution in [1.29, 1.82) is 0 Å². The molecule has 1 amide bonds. The average Bonchev–Trinajstić information content (AvgIpc) is 2.98. The first kappa shape index (κ1) is 20.6. The Hall–Kier alpha value is -0.410. The molecule has 7 nitrogen and oxygen atoms in total. The molecule has 0 spiro atoms. The molecule has 2 fully saturated rings. The Bertz CT molecular complexity index is 469. The first-order valence-corrected chi connectivity index (χ1v) is 10.0. The third kappa shape index (κ3) is 7.80. The number of carbonyl (C=O) groups excluding carboxylic acids is 1. The van der Waals surface area contributed by atoms with Crippen molar-refractivity contribution in [3.05, 3.63) is 0 Å². The lowest BCUT2D eigenvalue weighted by atomic mass is 9.98. The van der Waals surface area contributed by atoms with Crippen molar-refractivity contribution < 1.29 is 13.2 Å². The second kappa shape index (κ2) is 9.78. The first-order chi connectivity index (χ1) is 10.4. The van der Waals surface area contributed by atoms with E-state index >= 15 is 0 Å². The summed E-state index contributed by atoms with van der Waals surface area (Å²) in [5.41, 5.74) is 0. The highest BCUT2D eigenvalue weighted by atomic mass is 35.5. The van der Waals surface area contributed by atoms with Gasteiger partial charge in [-0.05, 0) is 44.7 Å². The molecule has 2 rings (SSSR count). The highest BCUT2D eigenvalue weighted by molar-refractivity contribution is 7.88. The zero-order valence-corrected chi connectivity index (χ0v) is 15.3. The number of carbonyl (C=O) groups is 1. The van der Waals surface area contributed by atoms with Crippen LogP contribution in [0.5, 0.6) is 0 Å². The van der Waals surface area contributed by atoms with Gasteiger partial charge in [0.2, 0.25) is 15.9 Å². The van der Waals surface area contributed by atoms with Crippen molar-refractivity contribution in [3.8, 4) is 0 Å². The largest absolute Gasteiger partial charge is 0.354 e. The molecule has 2 aliphatic rings. The molecule has 136 valence electrons. The molecule has 9 heteroatoms. The number of hydrogen-bond acceptors (Lipinski definition) is 5. The predicted molar refractivity (Wildman–Crippen MR) is 93.3 cm³/mol. The van der Waals surface area contributed by atoms with Gasteiger partial charge in [-0.2, -0.15) is 0 Å². The van der Waals surface area contributed by atoms with Gasteiger partial charge < -0.3 is 15.5 Å². The second-order valence-electron chi connectivity index (χ2n) is 6.37. The van der Waals surface area contributed by atoms with Crippen LogP contribution >= 0.6 is 12.4 Å². The van der Waals surface area contributed by atoms with Gasteiger partial charge in [-0.15, -0.1) is 12.4 Å². The molecule has 0 radical (unpaired) electrons. The normalized spacial score (nSPS) is 25.8. The molecular formula is C14H29ClN4O3S. The van der Waals surface area contributed by atoms with Gasteiger partial charge in [0.1, 0.15) is 0 Å². The van der Waals surface area contributed by atoms with Crippen LogP contribution in [0, 0.1) is 5.92 Å². The van der Waals surface area contributed by atoms with Gasteiger partial charge in [-0.3, -0.25) is 4.79 Å². The minimum Gasteiger partial charge on any atom is -0.354 e. The molecule has 0 aliphatic carbocycles. The van der Waals surface area contributed by atoms with E-state index in [0.29, 0.717) is 19.0 Å². The monoisotopic (exact) mass is 368 g/mol. The van der Waals surface area contributed by atoms with Gasteiger partial charge in [0.05, 0.1) is 12.3 Å². The number of halogens is 1. The summed E-state index contributed by atoms with van der Waals surface area (Å²) in [7, 11) is -3.11. The molecule has 0 bridgehead atoms. The molecule has 2 saturated heterocycles. The van der Waals surface area contributed by atoms with E-state index in [1.165, 1.54) is 6.26 Å². The van der Waals surface area contributed by atoms with Crippen molar-refractivity contribution in [2.75, 3.05) is 45.5 Å². The topological polar surface area (TPSA) is 90.5 Å². The Kier molecular flexibility index (Phi) is 8.78. The minimum atomic E-state index is -3.11. The van der Waals surface area contributed by atoms with Crippen LogP contribution in [0.25, 0.3) is 0 Å². The maximum Gasteiger partial charge on any atom is 0.237 e. The fraction of sp³-hybridized carbons (Fsp3) is 0.929. The molecule has 2 heterocycles. The van der Waals surface area contributed by atoms with Gasteiger partial charge in [-0.25, -0.2) is 13.1 Å². The van der Waals surface area contributed by atoms with E-state index in [1.807, 2.05) is 0 Å². The molecule has 0 aromatic heterocycles. The molecule has 23 heavy (non-hydrogen) atoms. The van der Waals surface area contributed by atoms with Crippen LogP contribution in [-0.4, -0.2) is 70.8 Å². The number of rotatable bonds is 7. The van der Waals surface area contributed by atoms with Gasteiger partial charge in [0.25, 0.3) is 0 Å². The smallest absolute Gasteiger partial charge is 0.237 e. The number of amides is 1. The number of piperidine rings is 1. The predicted octanol–water partition coefficient (Wildman–Crippen LogP) is -0.462. The Morgan fingerprint density at radius 1 is 1.30 bits per heavy atom. The van der Waals surface area contributed by atoms with E-state index in [-0.39, 0.29) is 24.4 Å². The third-order valence-electron chi connectivity index (χ3n) is 4.34. The Labute approximate surface area is 145 Å². The summed E-state index contributed by atoms with van der Waals surface area (Å²) in [4.78, 5) is 14.3. The van der Waals surface area contributed by atoms with Crippen LogP contribution in [-0.2, 0) is 14.8 Å². The van der Waals surface area contributed by atoms with Crippen LogP contribution in [0.15, 0.2) is 0 Å². The van der Waals surface area contributed by atoms with Gasteiger partial charge in [0.15, 0.2) is 0 Å². The van der Waals surface area contributed by atoms with E-state index in [2.05, 4.69) is 20.3 Å². The van der Waals surface area contributed by atoms with Crippen LogP contribution in [0.3, 0.4) is 0 Å². The van der Waals surface area contributed by atoms with E-state index in [1.54, 1.807) is 0 Å². The van der Waals surface area contributed by atoms with Crippen LogP contribution in [0.2, 0.25) is 0 Å². The van der Waals surface area contributed by atoms with Crippen LogP contribution in [0.1, 0.15) is 25.7 Å². The lowest BCUT2D eigenvalue weighted by Crippen LogP contribution is -2.46. The zero-order valence-electron chi connectivity index (χ0n) is 13.7. The summed E-state index contributed by atoms with van der Waals surface area (Å²) >= 11 is 0. The fourth-order valence-corrected chi connectivity index (χ4v) is 3.65. The lowest BCUT2D eigenvalue weighted by Gasteiger charge is -2.33. The summed E-state index contributed by atoms with van der Waals surface area (Å²) in [6, 6.07) is -0.0151. The molecule has 2 unspecified atom stereocenters. The van der Waals surface area contributed by atoms with Crippen molar-refractivity contribution in [2.24, 2.45) is 5.92 Å². The van der Waals surface area contributed by atoms with Crippen LogP contribution in [0.4, 0.5) is 0 Å². The Morgan fingerprint density at radius 2 is 2.09 bits per heavy atom. The third-order valence-corrected chi connectivity index (χ3v) is 5.07. The maximum absolute atomic E-state index is 12.0. The Balaban J connectivity index is 0.00000264. The fourth-order valence-electron chi connectivity index (χ4n) is 3.19. The molecule has 0 aromatic carbocycles. The molecule has 2 atom stereocenters. The van der Waals surface area contributed by atoms with E-state index in [4.69, 9.17) is 0 Å². The van der Waals surface area contributed by atoms with Crippen molar-refractivity contribution in [2.45, 2.75) is 31.7 Å². The quantitative estimate of drug-likeness (QED) is 0.565. The molecule has 3 N–H and O–H groups in total. The molecule has 0 aromatic rings. The van der Waals surface area contributed by atoms with Crippen molar-refractivity contribution >= 4 is 28.3 Å². The number of hydrogen-bond donors (Lipinski definition) is 3. The highest BCUT2D eigenvalue weighted by Crippen LogP contribution is 2.15. The Morgan fingerprint density at radius 3 is 2.74 bits per heavy atom. The second-order valence-corrected chi connectivity index (χ2v) is 8.20. The van der Waals surface area contributed by atoms with Crippen LogP contribution < -0.4 is 15.4 Å². The molecule has 0 saturated carbocycles. The van der Waals surface area contributed by atoms with E-state index in [9.17, 15) is 13.2 Å². The minimum absolute atomic E-state index is 0. The maximum atomic E-state index is 12.0. The van der Waals surface area contributed by atoms with Crippen molar-refractivity contribution in [3.63, 3.8) is 0 Å². The standard InChI is InChI=1S/C14H28N4O3S.ClH/c1-22(20,21)17-7-9-18-8-3-4-12(11-18)10-16-14(19)13-5-2-6-15-13;/h12-13,15,17H,2-11H2,1H3,(H,16,19);1H. The van der Waals surface area contributed by atoms with E-state index in [0.717, 1.165) is 51.9 Å². The lowest BCUT2D eigenvalue weighted by molar-refractivity contribution is -0.123. The number of sulfonamides is 1. The number of nitrogens with one attached hydrogen (secondary N) is 3. The highest BCUT2D eigenvalue weighted by Gasteiger charge is 2.24. The summed E-state index contributed by atoms with van der Waals surface area (Å²) in [5.74, 6) is 0.575. The summed E-state index contributed by atoms with van der Waals surface area (Å²) in [5, 5.41) is 6.26. The molecule has 2 aliphatic heterocycles. The van der Waals surface area contributed by atoms with Gasteiger partial charge in [-0.1, -0.05) is 0 Å². The summed E-state index contributed by atoms with van der Waals surface area (Å²) < 4.78 is 24.6.